The van der Waals surface area contributed by atoms with E-state index in [0.29, 0.717) is 12.6 Å². The summed E-state index contributed by atoms with van der Waals surface area (Å²) < 4.78 is 10.5. The fraction of sp³-hybridized carbons (Fsp3) is 0.615. The molecule has 18 heavy (non-hydrogen) atoms. The first-order valence-electron chi connectivity index (χ1n) is 6.49. The fourth-order valence-corrected chi connectivity index (χ4v) is 2.83. The monoisotopic (exact) mass is 248 g/mol. The molecular formula is C13H16N2O3. The van der Waals surface area contributed by atoms with Crippen LogP contribution in [-0.2, 0) is 9.47 Å². The highest BCUT2D eigenvalue weighted by molar-refractivity contribution is 5.79. The third kappa shape index (κ3) is 1.83. The van der Waals surface area contributed by atoms with E-state index in [1.807, 2.05) is 11.0 Å². The minimum Gasteiger partial charge on any atom is -0.373 e. The van der Waals surface area contributed by atoms with Crippen LogP contribution in [0, 0.1) is 0 Å². The largest absolute Gasteiger partial charge is 0.373 e. The summed E-state index contributed by atoms with van der Waals surface area (Å²) in [7, 11) is 0. The number of rotatable bonds is 4. The van der Waals surface area contributed by atoms with Crippen LogP contribution in [-0.4, -0.2) is 55.0 Å². The summed E-state index contributed by atoms with van der Waals surface area (Å²) in [6, 6.07) is 0.278. The number of hydrogen-bond donors (Lipinski definition) is 1. The van der Waals surface area contributed by atoms with Crippen LogP contribution in [0.3, 0.4) is 0 Å². The molecule has 5 nitrogen and oxygen atoms in total. The number of nitrogens with zero attached hydrogens (tertiary/aromatic N) is 1. The van der Waals surface area contributed by atoms with Crippen molar-refractivity contribution in [3.8, 4) is 0 Å². The van der Waals surface area contributed by atoms with Crippen molar-refractivity contribution >= 4 is 6.03 Å². The molecule has 0 radical (unpaired) electrons. The lowest BCUT2D eigenvalue weighted by Gasteiger charge is -2.29. The Hall–Kier alpha value is -1.33. The summed E-state index contributed by atoms with van der Waals surface area (Å²) in [5, 5.41) is 3.03. The smallest absolute Gasteiger partial charge is 0.318 e. The summed E-state index contributed by atoms with van der Waals surface area (Å²) in [5.41, 5.74) is 1.30. The van der Waals surface area contributed by atoms with Crippen LogP contribution in [0.25, 0.3) is 0 Å². The van der Waals surface area contributed by atoms with E-state index in [1.165, 1.54) is 5.57 Å². The number of nitrogens with one attached hydrogen (secondary N) is 1. The van der Waals surface area contributed by atoms with Crippen molar-refractivity contribution in [3.63, 3.8) is 0 Å². The molecule has 3 aliphatic heterocycles. The molecule has 3 fully saturated rings. The number of hydrogen-bond acceptors (Lipinski definition) is 3. The Morgan fingerprint density at radius 2 is 2.11 bits per heavy atom. The molecule has 0 spiro atoms. The van der Waals surface area contributed by atoms with Gasteiger partial charge in [-0.2, -0.15) is 0 Å². The van der Waals surface area contributed by atoms with Crippen LogP contribution in [0.15, 0.2) is 23.8 Å². The van der Waals surface area contributed by atoms with E-state index in [9.17, 15) is 4.79 Å². The molecule has 3 saturated heterocycles. The normalized spacial score (nSPS) is 40.3. The Kier molecular flexibility index (Phi) is 2.25. The maximum atomic E-state index is 12.0. The number of ether oxygens (including phenoxy) is 2. The maximum absolute atomic E-state index is 12.0. The Bertz CT molecular complexity index is 438. The summed E-state index contributed by atoms with van der Waals surface area (Å²) in [4.78, 5) is 13.9. The van der Waals surface area contributed by atoms with Gasteiger partial charge in [-0.05, 0) is 12.0 Å². The third-order valence-electron chi connectivity index (χ3n) is 3.90. The van der Waals surface area contributed by atoms with E-state index in [0.717, 1.165) is 19.6 Å². The van der Waals surface area contributed by atoms with Crippen molar-refractivity contribution in [2.75, 3.05) is 19.8 Å². The summed E-state index contributed by atoms with van der Waals surface area (Å²) in [6.45, 7) is 2.33. The zero-order chi connectivity index (χ0) is 12.1. The van der Waals surface area contributed by atoms with Crippen LogP contribution < -0.4 is 5.32 Å². The summed E-state index contributed by atoms with van der Waals surface area (Å²) >= 11 is 0. The molecule has 0 saturated carbocycles. The standard InChI is InChI=1S/C13H16N2O3/c16-13-14-11-3-1-2-8(4-9-6-17-9)12(11)15(13)5-10-7-18-10/h1-3,9-12H,4-7H2,(H,14,16). The molecule has 0 bridgehead atoms. The zero-order valence-corrected chi connectivity index (χ0v) is 10.0. The fourth-order valence-electron chi connectivity index (χ4n) is 2.83. The highest BCUT2D eigenvalue weighted by Crippen LogP contribution is 2.32. The molecule has 1 aliphatic carbocycles. The molecule has 4 rings (SSSR count). The highest BCUT2D eigenvalue weighted by Gasteiger charge is 2.44. The van der Waals surface area contributed by atoms with Gasteiger partial charge in [-0.3, -0.25) is 0 Å². The van der Waals surface area contributed by atoms with Gasteiger partial charge < -0.3 is 19.7 Å². The quantitative estimate of drug-likeness (QED) is 0.734. The number of allylic oxidation sites excluding steroid dienone is 2. The van der Waals surface area contributed by atoms with Gasteiger partial charge in [-0.25, -0.2) is 4.79 Å². The van der Waals surface area contributed by atoms with Crippen LogP contribution in [0.5, 0.6) is 0 Å². The van der Waals surface area contributed by atoms with Crippen molar-refractivity contribution in [1.29, 1.82) is 0 Å². The van der Waals surface area contributed by atoms with E-state index in [1.54, 1.807) is 0 Å². The molecule has 4 unspecified atom stereocenters. The van der Waals surface area contributed by atoms with Crippen molar-refractivity contribution < 1.29 is 14.3 Å². The number of carbonyl (C=O) groups excluding carboxylic acids is 1. The van der Waals surface area contributed by atoms with Gasteiger partial charge in [0.1, 0.15) is 0 Å². The predicted molar refractivity (Wildman–Crippen MR) is 64.1 cm³/mol. The van der Waals surface area contributed by atoms with Gasteiger partial charge in [0, 0.05) is 0 Å². The SMILES string of the molecule is O=C1NC2C=CC=C(CC3CO3)C2N1CC1CO1. The van der Waals surface area contributed by atoms with Crippen LogP contribution in [0.4, 0.5) is 4.79 Å². The lowest BCUT2D eigenvalue weighted by atomic mass is 9.91. The number of carbonyl (C=O) groups is 1. The molecule has 2 amide bonds. The van der Waals surface area contributed by atoms with Crippen molar-refractivity contribution in [2.24, 2.45) is 0 Å². The van der Waals surface area contributed by atoms with Gasteiger partial charge in [-0.15, -0.1) is 0 Å². The average molecular weight is 248 g/mol. The molecule has 96 valence electrons. The summed E-state index contributed by atoms with van der Waals surface area (Å²) in [6.07, 6.45) is 7.76. The van der Waals surface area contributed by atoms with Crippen LogP contribution >= 0.6 is 0 Å². The topological polar surface area (TPSA) is 57.4 Å². The molecule has 1 N–H and O–H groups in total. The molecule has 4 atom stereocenters. The number of amides is 2. The van der Waals surface area contributed by atoms with E-state index in [2.05, 4.69) is 17.5 Å². The molecule has 4 aliphatic rings. The molecular weight excluding hydrogens is 232 g/mol. The minimum absolute atomic E-state index is 0.0228. The van der Waals surface area contributed by atoms with Crippen LogP contribution in [0.2, 0.25) is 0 Å². The second kappa shape index (κ2) is 3.83. The van der Waals surface area contributed by atoms with Crippen molar-refractivity contribution in [1.82, 2.24) is 10.2 Å². The molecule has 3 heterocycles. The zero-order valence-electron chi connectivity index (χ0n) is 10.0. The van der Waals surface area contributed by atoms with Gasteiger partial charge in [0.2, 0.25) is 0 Å². The van der Waals surface area contributed by atoms with Gasteiger partial charge in [0.15, 0.2) is 0 Å². The lowest BCUT2D eigenvalue weighted by Crippen LogP contribution is -2.41. The minimum atomic E-state index is 0.0228. The van der Waals surface area contributed by atoms with Crippen molar-refractivity contribution in [2.45, 2.75) is 30.7 Å². The Balaban J connectivity index is 1.56. The molecule has 0 aromatic heterocycles. The van der Waals surface area contributed by atoms with Gasteiger partial charge >= 0.3 is 6.03 Å². The number of urea groups is 1. The first kappa shape index (κ1) is 10.6. The van der Waals surface area contributed by atoms with E-state index in [4.69, 9.17) is 9.47 Å². The Morgan fingerprint density at radius 3 is 2.83 bits per heavy atom. The summed E-state index contributed by atoms with van der Waals surface area (Å²) in [5.74, 6) is 0. The van der Waals surface area contributed by atoms with E-state index >= 15 is 0 Å². The van der Waals surface area contributed by atoms with Crippen LogP contribution in [0.1, 0.15) is 6.42 Å². The van der Waals surface area contributed by atoms with Gasteiger partial charge in [0.05, 0.1) is 44.1 Å². The van der Waals surface area contributed by atoms with E-state index < -0.39 is 0 Å². The lowest BCUT2D eigenvalue weighted by molar-refractivity contribution is 0.200. The predicted octanol–water partition coefficient (Wildman–Crippen LogP) is 0.433. The first-order valence-corrected chi connectivity index (χ1v) is 6.49. The van der Waals surface area contributed by atoms with Crippen molar-refractivity contribution in [3.05, 3.63) is 23.8 Å². The number of epoxide rings is 2. The molecule has 0 aromatic rings. The molecule has 5 heteroatoms. The molecule has 0 aromatic carbocycles. The first-order chi connectivity index (χ1) is 8.81. The van der Waals surface area contributed by atoms with Gasteiger partial charge in [-0.1, -0.05) is 18.2 Å². The van der Waals surface area contributed by atoms with Gasteiger partial charge in [0.25, 0.3) is 0 Å². The Morgan fingerprint density at radius 1 is 1.33 bits per heavy atom. The second-order valence-corrected chi connectivity index (χ2v) is 5.31. The second-order valence-electron chi connectivity index (χ2n) is 5.31. The number of fused-ring (bicyclic) bond motifs is 1. The van der Waals surface area contributed by atoms with E-state index in [-0.39, 0.29) is 24.2 Å². The average Bonchev–Trinajstić information content (AvgIpc) is 3.22. The third-order valence-corrected chi connectivity index (χ3v) is 3.90. The highest BCUT2D eigenvalue weighted by atomic mass is 16.6. The Labute approximate surface area is 105 Å². The maximum Gasteiger partial charge on any atom is 0.318 e.